The molecule has 1 aromatic heterocycles. The summed E-state index contributed by atoms with van der Waals surface area (Å²) < 4.78 is 11.9. The summed E-state index contributed by atoms with van der Waals surface area (Å²) in [6.07, 6.45) is 0.589. The highest BCUT2D eigenvalue weighted by Crippen LogP contribution is 2.48. The number of thiophene rings is 1. The number of hydrogen-bond donors (Lipinski definition) is 0. The summed E-state index contributed by atoms with van der Waals surface area (Å²) in [6, 6.07) is 18.2. The van der Waals surface area contributed by atoms with Gasteiger partial charge in [-0.15, -0.1) is 11.3 Å². The van der Waals surface area contributed by atoms with Crippen LogP contribution >= 0.6 is 22.9 Å². The van der Waals surface area contributed by atoms with Crippen LogP contribution in [0.2, 0.25) is 5.02 Å². The minimum atomic E-state index is -0.223. The molecule has 0 saturated carbocycles. The molecule has 0 N–H and O–H groups in total. The van der Waals surface area contributed by atoms with Crippen LogP contribution in [-0.4, -0.2) is 17.3 Å². The average molecular weight is 411 g/mol. The summed E-state index contributed by atoms with van der Waals surface area (Å²) >= 11 is 7.96. The molecule has 2 atom stereocenters. The molecule has 5 rings (SSSR count). The minimum absolute atomic E-state index is 0.108. The Bertz CT molecular complexity index is 1020. The zero-order valence-corrected chi connectivity index (χ0v) is 16.9. The van der Waals surface area contributed by atoms with Crippen molar-refractivity contribution in [2.75, 3.05) is 6.61 Å². The number of hydrogen-bond acceptors (Lipinski definition) is 5. The van der Waals surface area contributed by atoms with Crippen LogP contribution in [0.5, 0.6) is 11.5 Å². The first-order valence-corrected chi connectivity index (χ1v) is 10.6. The number of benzene rings is 2. The molecule has 28 heavy (non-hydrogen) atoms. The van der Waals surface area contributed by atoms with E-state index >= 15 is 0 Å². The Kier molecular flexibility index (Phi) is 4.49. The summed E-state index contributed by atoms with van der Waals surface area (Å²) in [5.74, 6) is 1.76. The molecule has 0 radical (unpaired) electrons. The molecule has 0 unspecified atom stereocenters. The largest absolute Gasteiger partial charge is 0.494 e. The van der Waals surface area contributed by atoms with Crippen LogP contribution in [0.1, 0.15) is 41.6 Å². The van der Waals surface area contributed by atoms with Crippen LogP contribution in [-0.2, 0) is 0 Å². The topological polar surface area (TPSA) is 34.1 Å². The molecule has 2 aromatic carbocycles. The van der Waals surface area contributed by atoms with E-state index in [0.29, 0.717) is 11.6 Å². The molecular weight excluding hydrogens is 392 g/mol. The smallest absolute Gasteiger partial charge is 0.222 e. The van der Waals surface area contributed by atoms with Gasteiger partial charge in [-0.2, -0.15) is 5.10 Å². The summed E-state index contributed by atoms with van der Waals surface area (Å²) in [7, 11) is 0. The van der Waals surface area contributed by atoms with Crippen LogP contribution in [0.25, 0.3) is 0 Å². The molecule has 3 heterocycles. The molecule has 0 saturated heterocycles. The second kappa shape index (κ2) is 7.15. The van der Waals surface area contributed by atoms with Crippen LogP contribution in [0, 0.1) is 0 Å². The lowest BCUT2D eigenvalue weighted by molar-refractivity contribution is -0.0165. The van der Waals surface area contributed by atoms with Crippen LogP contribution in [0.15, 0.2) is 65.1 Å². The van der Waals surface area contributed by atoms with Gasteiger partial charge in [0.15, 0.2) is 0 Å². The van der Waals surface area contributed by atoms with E-state index in [1.807, 2.05) is 43.3 Å². The molecule has 6 heteroatoms. The fraction of sp³-hybridized carbons (Fsp3) is 0.227. The molecule has 3 aromatic rings. The zero-order valence-electron chi connectivity index (χ0n) is 15.3. The highest BCUT2D eigenvalue weighted by Gasteiger charge is 2.41. The minimum Gasteiger partial charge on any atom is -0.494 e. The maximum atomic E-state index is 6.33. The highest BCUT2D eigenvalue weighted by molar-refractivity contribution is 7.10. The van der Waals surface area contributed by atoms with Crippen LogP contribution in [0.4, 0.5) is 0 Å². The van der Waals surface area contributed by atoms with Crippen molar-refractivity contribution >= 4 is 28.6 Å². The van der Waals surface area contributed by atoms with Crippen LogP contribution < -0.4 is 9.47 Å². The lowest BCUT2D eigenvalue weighted by Gasteiger charge is -2.37. The fourth-order valence-corrected chi connectivity index (χ4v) is 4.69. The molecule has 0 bridgehead atoms. The van der Waals surface area contributed by atoms with Gasteiger partial charge in [-0.3, -0.25) is 0 Å². The van der Waals surface area contributed by atoms with Crippen molar-refractivity contribution in [3.8, 4) is 11.5 Å². The molecule has 2 aliphatic heterocycles. The van der Waals surface area contributed by atoms with Crippen molar-refractivity contribution in [1.82, 2.24) is 5.01 Å². The van der Waals surface area contributed by atoms with E-state index in [4.69, 9.17) is 26.2 Å². The number of fused-ring (bicyclic) bond motifs is 3. The molecule has 2 aliphatic rings. The zero-order chi connectivity index (χ0) is 19.1. The summed E-state index contributed by atoms with van der Waals surface area (Å²) in [6.45, 7) is 2.65. The molecule has 0 aliphatic carbocycles. The normalized spacial score (nSPS) is 20.2. The number of hydrazone groups is 1. The Morgan fingerprint density at radius 1 is 1.21 bits per heavy atom. The summed E-state index contributed by atoms with van der Waals surface area (Å²) in [4.78, 5) is 1.14. The summed E-state index contributed by atoms with van der Waals surface area (Å²) in [5, 5.41) is 9.83. The fourth-order valence-electron chi connectivity index (χ4n) is 3.76. The first-order chi connectivity index (χ1) is 13.7. The first-order valence-electron chi connectivity index (χ1n) is 9.31. The number of nitrogens with zero attached hydrogens (tertiary/aromatic N) is 2. The van der Waals surface area contributed by atoms with Gasteiger partial charge in [0.2, 0.25) is 6.23 Å². The molecule has 0 fully saturated rings. The third kappa shape index (κ3) is 3.05. The third-order valence-corrected chi connectivity index (χ3v) is 6.18. The number of halogens is 1. The van der Waals surface area contributed by atoms with Crippen LogP contribution in [0.3, 0.4) is 0 Å². The average Bonchev–Trinajstić information content (AvgIpc) is 3.39. The predicted octanol–water partition coefficient (Wildman–Crippen LogP) is 6.04. The van der Waals surface area contributed by atoms with E-state index in [9.17, 15) is 0 Å². The van der Waals surface area contributed by atoms with E-state index in [-0.39, 0.29) is 12.3 Å². The maximum Gasteiger partial charge on any atom is 0.222 e. The number of rotatable bonds is 4. The lowest BCUT2D eigenvalue weighted by atomic mass is 9.96. The summed E-state index contributed by atoms with van der Waals surface area (Å²) in [5.41, 5.74) is 3.24. The van der Waals surface area contributed by atoms with E-state index in [1.165, 1.54) is 0 Å². The molecule has 142 valence electrons. The lowest BCUT2D eigenvalue weighted by Crippen LogP contribution is -2.33. The molecular formula is C22H19ClN2O2S. The quantitative estimate of drug-likeness (QED) is 0.525. The third-order valence-electron chi connectivity index (χ3n) is 5.04. The Labute approximate surface area is 173 Å². The standard InChI is InChI=1S/C22H19ClN2O2S/c1-2-26-16-8-5-14(6-9-16)18-13-19-17-12-15(23)7-10-20(17)27-22(25(19)24-18)21-4-3-11-28-21/h3-12,19,22H,2,13H2,1H3/t19-,22-/m0/s1. The van der Waals surface area contributed by atoms with Crippen molar-refractivity contribution in [3.05, 3.63) is 81.0 Å². The Morgan fingerprint density at radius 2 is 2.07 bits per heavy atom. The Morgan fingerprint density at radius 3 is 2.82 bits per heavy atom. The van der Waals surface area contributed by atoms with Crippen molar-refractivity contribution in [2.45, 2.75) is 25.6 Å². The SMILES string of the molecule is CCOc1ccc(C2=NN3[C@@H](C2)c2cc(Cl)ccc2O[C@H]3c2cccs2)cc1. The van der Waals surface area contributed by atoms with Gasteiger partial charge < -0.3 is 9.47 Å². The van der Waals surface area contributed by atoms with Gasteiger partial charge in [0.05, 0.1) is 23.2 Å². The van der Waals surface area contributed by atoms with E-state index in [0.717, 1.165) is 39.6 Å². The van der Waals surface area contributed by atoms with Gasteiger partial charge in [-0.05, 0) is 66.4 Å². The van der Waals surface area contributed by atoms with Gasteiger partial charge in [-0.1, -0.05) is 17.7 Å². The van der Waals surface area contributed by atoms with E-state index in [1.54, 1.807) is 11.3 Å². The van der Waals surface area contributed by atoms with Gasteiger partial charge >= 0.3 is 0 Å². The van der Waals surface area contributed by atoms with Crippen molar-refractivity contribution in [3.63, 3.8) is 0 Å². The Hall–Kier alpha value is -2.50. The highest BCUT2D eigenvalue weighted by atomic mass is 35.5. The monoisotopic (exact) mass is 410 g/mol. The Balaban J connectivity index is 1.53. The van der Waals surface area contributed by atoms with Gasteiger partial charge in [0, 0.05) is 17.0 Å². The van der Waals surface area contributed by atoms with E-state index in [2.05, 4.69) is 28.6 Å². The van der Waals surface area contributed by atoms with Crippen molar-refractivity contribution < 1.29 is 9.47 Å². The molecule has 4 nitrogen and oxygen atoms in total. The van der Waals surface area contributed by atoms with Gasteiger partial charge in [-0.25, -0.2) is 5.01 Å². The van der Waals surface area contributed by atoms with Gasteiger partial charge in [0.1, 0.15) is 11.5 Å². The second-order valence-electron chi connectivity index (χ2n) is 6.77. The first kappa shape index (κ1) is 17.6. The molecule has 0 spiro atoms. The predicted molar refractivity (Wildman–Crippen MR) is 112 cm³/mol. The van der Waals surface area contributed by atoms with Gasteiger partial charge in [0.25, 0.3) is 0 Å². The van der Waals surface area contributed by atoms with Crippen molar-refractivity contribution in [1.29, 1.82) is 0 Å². The van der Waals surface area contributed by atoms with E-state index < -0.39 is 0 Å². The molecule has 0 amide bonds. The second-order valence-corrected chi connectivity index (χ2v) is 8.19. The number of ether oxygens (including phenoxy) is 2. The maximum absolute atomic E-state index is 6.33. The van der Waals surface area contributed by atoms with Crippen molar-refractivity contribution in [2.24, 2.45) is 5.10 Å².